The molecular formula is C16H22N4O. The summed E-state index contributed by atoms with van der Waals surface area (Å²) in [5, 5.41) is 13.9. The van der Waals surface area contributed by atoms with Gasteiger partial charge in [0.1, 0.15) is 11.3 Å². The first kappa shape index (κ1) is 14.2. The molecular weight excluding hydrogens is 264 g/mol. The van der Waals surface area contributed by atoms with Crippen molar-refractivity contribution in [2.24, 2.45) is 5.92 Å². The second kappa shape index (κ2) is 5.93. The number of nitrogens with one attached hydrogen (secondary N) is 1. The molecule has 0 amide bonds. The van der Waals surface area contributed by atoms with Gasteiger partial charge >= 0.3 is 0 Å². The highest BCUT2D eigenvalue weighted by molar-refractivity contribution is 5.71. The summed E-state index contributed by atoms with van der Waals surface area (Å²) in [6.45, 7) is 2.77. The fourth-order valence-corrected chi connectivity index (χ4v) is 3.01. The van der Waals surface area contributed by atoms with Gasteiger partial charge in [0, 0.05) is 18.9 Å². The van der Waals surface area contributed by atoms with Crippen LogP contribution >= 0.6 is 0 Å². The first-order valence-corrected chi connectivity index (χ1v) is 7.72. The molecule has 21 heavy (non-hydrogen) atoms. The molecule has 1 fully saturated rings. The number of fused-ring (bicyclic) bond motifs is 1. The van der Waals surface area contributed by atoms with Crippen molar-refractivity contribution in [1.29, 1.82) is 0 Å². The molecule has 0 atom stereocenters. The van der Waals surface area contributed by atoms with Gasteiger partial charge in [-0.3, -0.25) is 4.98 Å². The summed E-state index contributed by atoms with van der Waals surface area (Å²) in [7, 11) is 0. The first-order valence-electron chi connectivity index (χ1n) is 7.72. The highest BCUT2D eigenvalue weighted by Gasteiger charge is 2.32. The average molecular weight is 286 g/mol. The van der Waals surface area contributed by atoms with Crippen molar-refractivity contribution in [3.8, 4) is 0 Å². The zero-order valence-corrected chi connectivity index (χ0v) is 12.4. The number of aromatic nitrogens is 3. The van der Waals surface area contributed by atoms with Crippen LogP contribution in [0.3, 0.4) is 0 Å². The number of aliphatic hydroxyl groups is 1. The number of hydrogen-bond acceptors (Lipinski definition) is 5. The Labute approximate surface area is 124 Å². The van der Waals surface area contributed by atoms with Crippen molar-refractivity contribution < 1.29 is 5.11 Å². The predicted molar refractivity (Wildman–Crippen MR) is 83.0 cm³/mol. The van der Waals surface area contributed by atoms with Crippen LogP contribution in [0.4, 0.5) is 5.82 Å². The molecule has 0 saturated heterocycles. The predicted octanol–water partition coefficient (Wildman–Crippen LogP) is 2.77. The Morgan fingerprint density at radius 2 is 2.00 bits per heavy atom. The van der Waals surface area contributed by atoms with Crippen LogP contribution in [0.5, 0.6) is 0 Å². The number of rotatable bonds is 4. The second-order valence-corrected chi connectivity index (χ2v) is 6.03. The van der Waals surface area contributed by atoms with Gasteiger partial charge in [0.15, 0.2) is 5.65 Å². The molecule has 0 aromatic carbocycles. The summed E-state index contributed by atoms with van der Waals surface area (Å²) >= 11 is 0. The van der Waals surface area contributed by atoms with E-state index in [4.69, 9.17) is 0 Å². The Bertz CT molecular complexity index is 608. The highest BCUT2D eigenvalue weighted by atomic mass is 16.3. The summed E-state index contributed by atoms with van der Waals surface area (Å²) in [5.41, 5.74) is 0.805. The van der Waals surface area contributed by atoms with Gasteiger partial charge in [0.05, 0.1) is 5.60 Å². The lowest BCUT2D eigenvalue weighted by atomic mass is 9.78. The molecule has 1 aliphatic carbocycles. The standard InChI is InChI=1S/C16H22N4O/c1-2-12-5-7-16(21,8-6-12)11-19-14-4-3-13-15(20-14)18-10-9-17-13/h3-4,9-10,12,21H,2,5-8,11H2,1H3,(H,18,19,20). The molecule has 1 saturated carbocycles. The molecule has 0 radical (unpaired) electrons. The maximum absolute atomic E-state index is 10.6. The Morgan fingerprint density at radius 3 is 2.76 bits per heavy atom. The summed E-state index contributed by atoms with van der Waals surface area (Å²) in [4.78, 5) is 12.8. The fraction of sp³-hybridized carbons (Fsp3) is 0.562. The van der Waals surface area contributed by atoms with E-state index in [0.29, 0.717) is 12.2 Å². The molecule has 5 nitrogen and oxygen atoms in total. The number of anilines is 1. The monoisotopic (exact) mass is 286 g/mol. The lowest BCUT2D eigenvalue weighted by Crippen LogP contribution is -2.40. The quantitative estimate of drug-likeness (QED) is 0.904. The number of hydrogen-bond donors (Lipinski definition) is 2. The molecule has 0 bridgehead atoms. The summed E-state index contributed by atoms with van der Waals surface area (Å²) in [5.74, 6) is 1.52. The third-order valence-electron chi connectivity index (χ3n) is 4.54. The molecule has 5 heteroatoms. The molecule has 112 valence electrons. The van der Waals surface area contributed by atoms with E-state index in [1.54, 1.807) is 12.4 Å². The van der Waals surface area contributed by atoms with Crippen LogP contribution in [0.25, 0.3) is 11.2 Å². The Balaban J connectivity index is 1.63. The third-order valence-corrected chi connectivity index (χ3v) is 4.54. The van der Waals surface area contributed by atoms with Crippen LogP contribution in [-0.4, -0.2) is 32.2 Å². The van der Waals surface area contributed by atoms with Gasteiger partial charge in [0.25, 0.3) is 0 Å². The number of pyridine rings is 1. The zero-order valence-electron chi connectivity index (χ0n) is 12.4. The Morgan fingerprint density at radius 1 is 1.24 bits per heavy atom. The molecule has 3 rings (SSSR count). The van der Waals surface area contributed by atoms with E-state index >= 15 is 0 Å². The van der Waals surface area contributed by atoms with Gasteiger partial charge in [-0.25, -0.2) is 9.97 Å². The smallest absolute Gasteiger partial charge is 0.180 e. The van der Waals surface area contributed by atoms with Crippen molar-refractivity contribution in [2.45, 2.75) is 44.6 Å². The zero-order chi connectivity index (χ0) is 14.7. The minimum Gasteiger partial charge on any atom is -0.388 e. The molecule has 0 unspecified atom stereocenters. The van der Waals surface area contributed by atoms with Crippen LogP contribution in [-0.2, 0) is 0 Å². The van der Waals surface area contributed by atoms with Gasteiger partial charge < -0.3 is 10.4 Å². The minimum absolute atomic E-state index is 0.544. The van der Waals surface area contributed by atoms with Crippen LogP contribution in [0.1, 0.15) is 39.0 Å². The minimum atomic E-state index is -0.606. The van der Waals surface area contributed by atoms with Gasteiger partial charge in [-0.2, -0.15) is 0 Å². The average Bonchev–Trinajstić information content (AvgIpc) is 2.54. The second-order valence-electron chi connectivity index (χ2n) is 6.03. The van der Waals surface area contributed by atoms with Crippen molar-refractivity contribution in [2.75, 3.05) is 11.9 Å². The van der Waals surface area contributed by atoms with Crippen LogP contribution < -0.4 is 5.32 Å². The first-order chi connectivity index (χ1) is 10.2. The molecule has 0 aliphatic heterocycles. The SMILES string of the molecule is CCC1CCC(O)(CNc2ccc3nccnc3n2)CC1. The normalized spacial score (nSPS) is 25.9. The fourth-order valence-electron chi connectivity index (χ4n) is 3.01. The summed E-state index contributed by atoms with van der Waals surface area (Å²) in [6, 6.07) is 3.79. The van der Waals surface area contributed by atoms with Crippen LogP contribution in [0, 0.1) is 5.92 Å². The number of nitrogens with zero attached hydrogens (tertiary/aromatic N) is 3. The molecule has 0 spiro atoms. The molecule has 2 aromatic rings. The van der Waals surface area contributed by atoms with Gasteiger partial charge in [0.2, 0.25) is 0 Å². The van der Waals surface area contributed by atoms with Crippen LogP contribution in [0.2, 0.25) is 0 Å². The van der Waals surface area contributed by atoms with Gasteiger partial charge in [-0.15, -0.1) is 0 Å². The van der Waals surface area contributed by atoms with E-state index in [9.17, 15) is 5.11 Å². The molecule has 2 N–H and O–H groups in total. The summed E-state index contributed by atoms with van der Waals surface area (Å²) in [6.07, 6.45) is 8.48. The largest absolute Gasteiger partial charge is 0.388 e. The van der Waals surface area contributed by atoms with Crippen molar-refractivity contribution in [3.05, 3.63) is 24.5 Å². The van der Waals surface area contributed by atoms with E-state index in [1.165, 1.54) is 6.42 Å². The molecule has 2 heterocycles. The Kier molecular flexibility index (Phi) is 4.01. The lowest BCUT2D eigenvalue weighted by Gasteiger charge is -2.36. The van der Waals surface area contributed by atoms with E-state index in [-0.39, 0.29) is 0 Å². The maximum Gasteiger partial charge on any atom is 0.180 e. The van der Waals surface area contributed by atoms with E-state index in [0.717, 1.165) is 42.9 Å². The van der Waals surface area contributed by atoms with Crippen LogP contribution in [0.15, 0.2) is 24.5 Å². The van der Waals surface area contributed by atoms with Gasteiger partial charge in [-0.1, -0.05) is 13.3 Å². The third kappa shape index (κ3) is 3.29. The van der Waals surface area contributed by atoms with E-state index in [2.05, 4.69) is 27.2 Å². The van der Waals surface area contributed by atoms with Crippen molar-refractivity contribution in [1.82, 2.24) is 15.0 Å². The Hall–Kier alpha value is -1.75. The highest BCUT2D eigenvalue weighted by Crippen LogP contribution is 2.33. The van der Waals surface area contributed by atoms with E-state index < -0.39 is 5.60 Å². The molecule has 1 aliphatic rings. The lowest BCUT2D eigenvalue weighted by molar-refractivity contribution is 0.00223. The van der Waals surface area contributed by atoms with Gasteiger partial charge in [-0.05, 0) is 43.7 Å². The topological polar surface area (TPSA) is 70.9 Å². The van der Waals surface area contributed by atoms with Crippen molar-refractivity contribution >= 4 is 17.0 Å². The maximum atomic E-state index is 10.6. The van der Waals surface area contributed by atoms with E-state index in [1.807, 2.05) is 12.1 Å². The van der Waals surface area contributed by atoms with Crippen molar-refractivity contribution in [3.63, 3.8) is 0 Å². The summed E-state index contributed by atoms with van der Waals surface area (Å²) < 4.78 is 0. The molecule has 2 aromatic heterocycles.